The van der Waals surface area contributed by atoms with Gasteiger partial charge in [-0.3, -0.25) is 14.2 Å². The average molecular weight is 333 g/mol. The fourth-order valence-electron chi connectivity index (χ4n) is 2.67. The van der Waals surface area contributed by atoms with E-state index in [-0.39, 0.29) is 17.5 Å². The zero-order chi connectivity index (χ0) is 17.1. The number of hydrogen-bond donors (Lipinski definition) is 2. The minimum atomic E-state index is -0.133. The van der Waals surface area contributed by atoms with Crippen molar-refractivity contribution in [3.8, 4) is 0 Å². The molecule has 1 unspecified atom stereocenters. The van der Waals surface area contributed by atoms with Crippen molar-refractivity contribution in [3.05, 3.63) is 38.9 Å². The second-order valence-electron chi connectivity index (χ2n) is 5.97. The third-order valence-electron chi connectivity index (χ3n) is 4.12. The summed E-state index contributed by atoms with van der Waals surface area (Å²) in [6.07, 6.45) is 0.876. The standard InChI is InChI=1S/C17H23N3O2S/c1-5-13(10(3)4)18-15(21)11-7-8-12-14(9-11)19-17(23)20(6-2)16(12)22/h7-10,13H,5-6H2,1-4H3,(H,18,21)(H,19,23). The molecule has 23 heavy (non-hydrogen) atoms. The minimum Gasteiger partial charge on any atom is -0.349 e. The summed E-state index contributed by atoms with van der Waals surface area (Å²) in [6, 6.07) is 5.18. The number of aromatic amines is 1. The fraction of sp³-hybridized carbons (Fsp3) is 0.471. The number of carbonyl (C=O) groups excluding carboxylic acids is 1. The van der Waals surface area contributed by atoms with Gasteiger partial charge in [-0.2, -0.15) is 0 Å². The van der Waals surface area contributed by atoms with Gasteiger partial charge in [0.05, 0.1) is 10.9 Å². The molecule has 1 aromatic heterocycles. The van der Waals surface area contributed by atoms with Crippen LogP contribution in [0.5, 0.6) is 0 Å². The Labute approximate surface area is 140 Å². The Morgan fingerprint density at radius 1 is 1.35 bits per heavy atom. The molecule has 0 radical (unpaired) electrons. The summed E-state index contributed by atoms with van der Waals surface area (Å²) in [7, 11) is 0. The van der Waals surface area contributed by atoms with Crippen LogP contribution in [0.3, 0.4) is 0 Å². The number of H-pyrrole nitrogens is 1. The Kier molecular flexibility index (Phi) is 5.36. The first-order valence-corrected chi connectivity index (χ1v) is 8.37. The fourth-order valence-corrected chi connectivity index (χ4v) is 3.00. The van der Waals surface area contributed by atoms with Gasteiger partial charge in [-0.1, -0.05) is 20.8 Å². The molecule has 0 bridgehead atoms. The smallest absolute Gasteiger partial charge is 0.262 e. The third kappa shape index (κ3) is 3.52. The second kappa shape index (κ2) is 7.08. The van der Waals surface area contributed by atoms with Crippen molar-refractivity contribution in [3.63, 3.8) is 0 Å². The molecule has 5 nitrogen and oxygen atoms in total. The van der Waals surface area contributed by atoms with Gasteiger partial charge in [0.25, 0.3) is 11.5 Å². The van der Waals surface area contributed by atoms with Crippen LogP contribution in [0.25, 0.3) is 10.9 Å². The van der Waals surface area contributed by atoms with Crippen LogP contribution < -0.4 is 10.9 Å². The van der Waals surface area contributed by atoms with Crippen LogP contribution in [0.1, 0.15) is 44.5 Å². The van der Waals surface area contributed by atoms with E-state index >= 15 is 0 Å². The van der Waals surface area contributed by atoms with Crippen LogP contribution in [-0.2, 0) is 6.54 Å². The molecular weight excluding hydrogens is 310 g/mol. The lowest BCUT2D eigenvalue weighted by molar-refractivity contribution is 0.0924. The first-order valence-electron chi connectivity index (χ1n) is 7.96. The number of fused-ring (bicyclic) bond motifs is 1. The molecule has 2 rings (SSSR count). The molecule has 1 atom stereocenters. The molecule has 124 valence electrons. The number of aromatic nitrogens is 2. The maximum absolute atomic E-state index is 12.4. The van der Waals surface area contributed by atoms with Crippen molar-refractivity contribution in [2.24, 2.45) is 5.92 Å². The summed E-state index contributed by atoms with van der Waals surface area (Å²) >= 11 is 5.20. The summed E-state index contributed by atoms with van der Waals surface area (Å²) < 4.78 is 1.87. The van der Waals surface area contributed by atoms with E-state index in [1.165, 1.54) is 4.57 Å². The van der Waals surface area contributed by atoms with Gasteiger partial charge in [0, 0.05) is 18.2 Å². The minimum absolute atomic E-state index is 0.129. The van der Waals surface area contributed by atoms with E-state index in [4.69, 9.17) is 12.2 Å². The van der Waals surface area contributed by atoms with E-state index in [1.807, 2.05) is 6.92 Å². The van der Waals surface area contributed by atoms with Crippen LogP contribution in [0.2, 0.25) is 0 Å². The van der Waals surface area contributed by atoms with Crippen LogP contribution >= 0.6 is 12.2 Å². The Hall–Kier alpha value is -1.95. The molecule has 0 aliphatic rings. The highest BCUT2D eigenvalue weighted by Crippen LogP contribution is 2.12. The lowest BCUT2D eigenvalue weighted by Gasteiger charge is -2.20. The van der Waals surface area contributed by atoms with Crippen LogP contribution in [0, 0.1) is 10.7 Å². The molecule has 0 aliphatic heterocycles. The number of hydrogen-bond acceptors (Lipinski definition) is 3. The lowest BCUT2D eigenvalue weighted by Crippen LogP contribution is -2.38. The van der Waals surface area contributed by atoms with Crippen molar-refractivity contribution >= 4 is 29.0 Å². The Bertz CT molecular complexity index is 836. The second-order valence-corrected chi connectivity index (χ2v) is 6.36. The maximum Gasteiger partial charge on any atom is 0.262 e. The maximum atomic E-state index is 12.4. The van der Waals surface area contributed by atoms with E-state index in [2.05, 4.69) is 31.1 Å². The molecule has 1 heterocycles. The SMILES string of the molecule is CCC(NC(=O)c1ccc2c(=O)n(CC)c(=S)[nH]c2c1)C(C)C. The largest absolute Gasteiger partial charge is 0.349 e. The van der Waals surface area contributed by atoms with Gasteiger partial charge in [-0.25, -0.2) is 0 Å². The molecule has 2 aromatic rings. The number of amides is 1. The quantitative estimate of drug-likeness (QED) is 0.826. The molecule has 2 N–H and O–H groups in total. The zero-order valence-electron chi connectivity index (χ0n) is 14.0. The molecule has 0 aliphatic carbocycles. The van der Waals surface area contributed by atoms with Gasteiger partial charge >= 0.3 is 0 Å². The number of benzene rings is 1. The van der Waals surface area contributed by atoms with E-state index in [1.54, 1.807) is 18.2 Å². The molecule has 0 saturated heterocycles. The van der Waals surface area contributed by atoms with Gasteiger partial charge in [-0.05, 0) is 49.7 Å². The predicted octanol–water partition coefficient (Wildman–Crippen LogP) is 3.24. The number of rotatable bonds is 5. The van der Waals surface area contributed by atoms with Crippen LogP contribution in [0.4, 0.5) is 0 Å². The summed E-state index contributed by atoms with van der Waals surface area (Å²) in [6.45, 7) is 8.60. The summed E-state index contributed by atoms with van der Waals surface area (Å²) in [4.78, 5) is 27.8. The summed E-state index contributed by atoms with van der Waals surface area (Å²) in [5.41, 5.74) is 0.984. The Balaban J connectivity index is 2.43. The monoisotopic (exact) mass is 333 g/mol. The van der Waals surface area contributed by atoms with Gasteiger partial charge in [0.2, 0.25) is 0 Å². The zero-order valence-corrected chi connectivity index (χ0v) is 14.8. The average Bonchev–Trinajstić information content (AvgIpc) is 2.51. The summed E-state index contributed by atoms with van der Waals surface area (Å²) in [5.74, 6) is 0.235. The Morgan fingerprint density at radius 2 is 2.04 bits per heavy atom. The summed E-state index contributed by atoms with van der Waals surface area (Å²) in [5, 5.41) is 3.57. The van der Waals surface area contributed by atoms with Gasteiger partial charge in [0.15, 0.2) is 4.77 Å². The van der Waals surface area contributed by atoms with Gasteiger partial charge < -0.3 is 10.3 Å². The molecular formula is C17H23N3O2S. The molecule has 0 fully saturated rings. The molecule has 0 spiro atoms. The molecule has 1 aromatic carbocycles. The van der Waals surface area contributed by atoms with Crippen molar-refractivity contribution < 1.29 is 4.79 Å². The normalized spacial score (nSPS) is 12.6. The highest BCUT2D eigenvalue weighted by atomic mass is 32.1. The van der Waals surface area contributed by atoms with Crippen molar-refractivity contribution in [2.75, 3.05) is 0 Å². The number of nitrogens with zero attached hydrogens (tertiary/aromatic N) is 1. The third-order valence-corrected chi connectivity index (χ3v) is 4.44. The van der Waals surface area contributed by atoms with Crippen LogP contribution in [-0.4, -0.2) is 21.5 Å². The predicted molar refractivity (Wildman–Crippen MR) is 95.4 cm³/mol. The first kappa shape index (κ1) is 17.4. The number of nitrogens with one attached hydrogen (secondary N) is 2. The van der Waals surface area contributed by atoms with Crippen molar-refractivity contribution in [1.29, 1.82) is 0 Å². The van der Waals surface area contributed by atoms with Gasteiger partial charge in [0.1, 0.15) is 0 Å². The highest BCUT2D eigenvalue weighted by molar-refractivity contribution is 7.71. The van der Waals surface area contributed by atoms with E-state index in [0.29, 0.717) is 33.7 Å². The lowest BCUT2D eigenvalue weighted by atomic mass is 10.0. The van der Waals surface area contributed by atoms with Crippen LogP contribution in [0.15, 0.2) is 23.0 Å². The molecule has 0 saturated carbocycles. The van der Waals surface area contributed by atoms with E-state index in [0.717, 1.165) is 6.42 Å². The van der Waals surface area contributed by atoms with Crippen molar-refractivity contribution in [1.82, 2.24) is 14.9 Å². The van der Waals surface area contributed by atoms with Gasteiger partial charge in [-0.15, -0.1) is 0 Å². The highest BCUT2D eigenvalue weighted by Gasteiger charge is 2.16. The van der Waals surface area contributed by atoms with E-state index in [9.17, 15) is 9.59 Å². The van der Waals surface area contributed by atoms with E-state index < -0.39 is 0 Å². The first-order chi connectivity index (χ1) is 10.9. The van der Waals surface area contributed by atoms with Crippen molar-refractivity contribution in [2.45, 2.75) is 46.7 Å². The molecule has 1 amide bonds. The number of carbonyl (C=O) groups is 1. The Morgan fingerprint density at radius 3 is 2.61 bits per heavy atom. The topological polar surface area (TPSA) is 66.9 Å². The molecule has 6 heteroatoms.